The number of ether oxygens (including phenoxy) is 1. The number of nitrogens with zero attached hydrogens (tertiary/aromatic N) is 2. The number of carbonyl (C=O) groups is 2. The van der Waals surface area contributed by atoms with Crippen molar-refractivity contribution in [1.82, 2.24) is 9.97 Å². The van der Waals surface area contributed by atoms with Crippen LogP contribution in [0.2, 0.25) is 0 Å². The minimum absolute atomic E-state index is 0.320. The zero-order valence-corrected chi connectivity index (χ0v) is 17.5. The summed E-state index contributed by atoms with van der Waals surface area (Å²) in [6, 6.07) is 12.3. The van der Waals surface area contributed by atoms with Crippen LogP contribution in [0, 0.1) is 6.92 Å². The number of amides is 2. The molecule has 2 amide bonds. The van der Waals surface area contributed by atoms with Crippen molar-refractivity contribution in [2.45, 2.75) is 33.3 Å². The molecule has 3 aromatic rings. The second-order valence-corrected chi connectivity index (χ2v) is 8.31. The SMILES string of the molecule is Cc1nc(NC(=O)c2cccc(NC(=O)OC(C)(C)C)c2)sc1-c1ccccn1. The van der Waals surface area contributed by atoms with Gasteiger partial charge >= 0.3 is 6.09 Å². The fourth-order valence-electron chi connectivity index (χ4n) is 2.51. The molecule has 3 rings (SSSR count). The summed E-state index contributed by atoms with van der Waals surface area (Å²) < 4.78 is 5.23. The fourth-order valence-corrected chi connectivity index (χ4v) is 3.45. The first-order chi connectivity index (χ1) is 13.7. The molecule has 0 aliphatic rings. The van der Waals surface area contributed by atoms with Gasteiger partial charge in [-0.1, -0.05) is 23.5 Å². The summed E-state index contributed by atoms with van der Waals surface area (Å²) in [5.41, 5.74) is 1.87. The molecule has 0 unspecified atom stereocenters. The van der Waals surface area contributed by atoms with Gasteiger partial charge in [-0.2, -0.15) is 0 Å². The van der Waals surface area contributed by atoms with E-state index in [0.29, 0.717) is 16.4 Å². The predicted molar refractivity (Wildman–Crippen MR) is 114 cm³/mol. The quantitative estimate of drug-likeness (QED) is 0.623. The number of rotatable bonds is 4. The molecule has 0 saturated carbocycles. The van der Waals surface area contributed by atoms with Crippen molar-refractivity contribution in [3.8, 4) is 10.6 Å². The maximum Gasteiger partial charge on any atom is 0.412 e. The Balaban J connectivity index is 1.71. The van der Waals surface area contributed by atoms with Gasteiger partial charge in [0.15, 0.2) is 5.13 Å². The molecular weight excluding hydrogens is 388 g/mol. The maximum atomic E-state index is 12.6. The summed E-state index contributed by atoms with van der Waals surface area (Å²) in [4.78, 5) is 34.2. The third kappa shape index (κ3) is 5.61. The molecule has 7 nitrogen and oxygen atoms in total. The van der Waals surface area contributed by atoms with Crippen LogP contribution < -0.4 is 10.6 Å². The van der Waals surface area contributed by atoms with Crippen molar-refractivity contribution in [3.05, 3.63) is 59.9 Å². The fraction of sp³-hybridized carbons (Fsp3) is 0.238. The zero-order chi connectivity index (χ0) is 21.0. The van der Waals surface area contributed by atoms with Crippen LogP contribution in [0.1, 0.15) is 36.8 Å². The summed E-state index contributed by atoms with van der Waals surface area (Å²) in [5, 5.41) is 5.92. The summed E-state index contributed by atoms with van der Waals surface area (Å²) in [7, 11) is 0. The van der Waals surface area contributed by atoms with Crippen LogP contribution in [0.5, 0.6) is 0 Å². The van der Waals surface area contributed by atoms with E-state index >= 15 is 0 Å². The highest BCUT2D eigenvalue weighted by molar-refractivity contribution is 7.19. The van der Waals surface area contributed by atoms with Crippen LogP contribution in [-0.2, 0) is 4.74 Å². The Hall–Kier alpha value is -3.26. The van der Waals surface area contributed by atoms with Gasteiger partial charge in [0.05, 0.1) is 16.3 Å². The van der Waals surface area contributed by atoms with Crippen LogP contribution in [0.3, 0.4) is 0 Å². The van der Waals surface area contributed by atoms with Gasteiger partial charge in [-0.3, -0.25) is 20.4 Å². The van der Waals surface area contributed by atoms with E-state index in [1.54, 1.807) is 51.2 Å². The first kappa shape index (κ1) is 20.5. The lowest BCUT2D eigenvalue weighted by molar-refractivity contribution is 0.0635. The predicted octanol–water partition coefficient (Wildman–Crippen LogP) is 5.11. The number of pyridine rings is 1. The molecular formula is C21H22N4O3S. The summed E-state index contributed by atoms with van der Waals surface area (Å²) in [6.07, 6.45) is 1.14. The van der Waals surface area contributed by atoms with Crippen LogP contribution in [-0.4, -0.2) is 27.6 Å². The van der Waals surface area contributed by atoms with Crippen LogP contribution >= 0.6 is 11.3 Å². The Morgan fingerprint density at radius 1 is 1.07 bits per heavy atom. The van der Waals surface area contributed by atoms with Crippen LogP contribution in [0.4, 0.5) is 15.6 Å². The van der Waals surface area contributed by atoms with Gasteiger partial charge in [0.2, 0.25) is 0 Å². The Labute approximate surface area is 173 Å². The molecule has 0 fully saturated rings. The minimum Gasteiger partial charge on any atom is -0.444 e. The third-order valence-electron chi connectivity index (χ3n) is 3.68. The monoisotopic (exact) mass is 410 g/mol. The van der Waals surface area contributed by atoms with Gasteiger partial charge in [0.25, 0.3) is 5.91 Å². The number of benzene rings is 1. The molecule has 0 atom stereocenters. The first-order valence-corrected chi connectivity index (χ1v) is 9.83. The highest BCUT2D eigenvalue weighted by atomic mass is 32.1. The van der Waals surface area contributed by atoms with Gasteiger partial charge in [-0.05, 0) is 58.0 Å². The lowest BCUT2D eigenvalue weighted by atomic mass is 10.2. The summed E-state index contributed by atoms with van der Waals surface area (Å²) in [5.74, 6) is -0.320. The normalized spacial score (nSPS) is 11.0. The van der Waals surface area contributed by atoms with Gasteiger partial charge in [-0.15, -0.1) is 0 Å². The van der Waals surface area contributed by atoms with Crippen molar-refractivity contribution in [3.63, 3.8) is 0 Å². The Kier molecular flexibility index (Phi) is 5.93. The zero-order valence-electron chi connectivity index (χ0n) is 16.6. The second kappa shape index (κ2) is 8.40. The third-order valence-corrected chi connectivity index (χ3v) is 4.78. The smallest absolute Gasteiger partial charge is 0.412 e. The van der Waals surface area contributed by atoms with Crippen molar-refractivity contribution < 1.29 is 14.3 Å². The minimum atomic E-state index is -0.604. The lowest BCUT2D eigenvalue weighted by Crippen LogP contribution is -2.27. The van der Waals surface area contributed by atoms with Gasteiger partial charge < -0.3 is 4.74 Å². The van der Waals surface area contributed by atoms with E-state index < -0.39 is 11.7 Å². The molecule has 2 heterocycles. The molecule has 150 valence electrons. The Morgan fingerprint density at radius 2 is 1.86 bits per heavy atom. The molecule has 8 heteroatoms. The molecule has 2 aromatic heterocycles. The molecule has 1 aromatic carbocycles. The largest absolute Gasteiger partial charge is 0.444 e. The molecule has 2 N–H and O–H groups in total. The number of hydrogen-bond acceptors (Lipinski definition) is 6. The van der Waals surface area contributed by atoms with E-state index in [2.05, 4.69) is 20.6 Å². The number of carbonyl (C=O) groups excluding carboxylic acids is 2. The molecule has 0 radical (unpaired) electrons. The van der Waals surface area contributed by atoms with Crippen LogP contribution in [0.15, 0.2) is 48.7 Å². The number of aromatic nitrogens is 2. The Bertz CT molecular complexity index is 1030. The molecule has 0 saturated heterocycles. The highest BCUT2D eigenvalue weighted by Gasteiger charge is 2.17. The van der Waals surface area contributed by atoms with E-state index in [1.165, 1.54) is 11.3 Å². The van der Waals surface area contributed by atoms with E-state index in [-0.39, 0.29) is 5.91 Å². The van der Waals surface area contributed by atoms with E-state index in [4.69, 9.17) is 4.74 Å². The van der Waals surface area contributed by atoms with Crippen molar-refractivity contribution >= 4 is 34.2 Å². The van der Waals surface area contributed by atoms with Crippen molar-refractivity contribution in [2.24, 2.45) is 0 Å². The van der Waals surface area contributed by atoms with Gasteiger partial charge in [0.1, 0.15) is 5.60 Å². The first-order valence-electron chi connectivity index (χ1n) is 9.01. The number of hydrogen-bond donors (Lipinski definition) is 2. The van der Waals surface area contributed by atoms with E-state index in [9.17, 15) is 9.59 Å². The second-order valence-electron chi connectivity index (χ2n) is 7.31. The van der Waals surface area contributed by atoms with Crippen LogP contribution in [0.25, 0.3) is 10.6 Å². The van der Waals surface area contributed by atoms with E-state index in [1.807, 2.05) is 25.1 Å². The molecule has 0 aliphatic carbocycles. The average Bonchev–Trinajstić information content (AvgIpc) is 3.01. The summed E-state index contributed by atoms with van der Waals surface area (Å²) >= 11 is 1.36. The number of anilines is 2. The Morgan fingerprint density at radius 3 is 2.55 bits per heavy atom. The summed E-state index contributed by atoms with van der Waals surface area (Å²) in [6.45, 7) is 7.23. The number of aryl methyl sites for hydroxylation is 1. The topological polar surface area (TPSA) is 93.2 Å². The molecule has 29 heavy (non-hydrogen) atoms. The number of thiazole rings is 1. The highest BCUT2D eigenvalue weighted by Crippen LogP contribution is 2.31. The standard InChI is InChI=1S/C21H22N4O3S/c1-13-17(16-10-5-6-11-22-16)29-19(23-13)25-18(26)14-8-7-9-15(12-14)24-20(27)28-21(2,3)4/h5-12H,1-4H3,(H,24,27)(H,23,25,26). The van der Waals surface area contributed by atoms with Crippen molar-refractivity contribution in [1.29, 1.82) is 0 Å². The molecule has 0 aliphatic heterocycles. The van der Waals surface area contributed by atoms with Crippen molar-refractivity contribution in [2.75, 3.05) is 10.6 Å². The van der Waals surface area contributed by atoms with Gasteiger partial charge in [-0.25, -0.2) is 9.78 Å². The average molecular weight is 410 g/mol. The van der Waals surface area contributed by atoms with Gasteiger partial charge in [0, 0.05) is 17.4 Å². The molecule has 0 bridgehead atoms. The van der Waals surface area contributed by atoms with E-state index in [0.717, 1.165) is 16.3 Å². The lowest BCUT2D eigenvalue weighted by Gasteiger charge is -2.19. The maximum absolute atomic E-state index is 12.6. The number of nitrogens with one attached hydrogen (secondary N) is 2. The molecule has 0 spiro atoms.